The molecule has 7 nitrogen and oxygen atoms in total. The number of aromatic amines is 1. The second-order valence-electron chi connectivity index (χ2n) is 7.02. The minimum absolute atomic E-state index is 0.0875. The third kappa shape index (κ3) is 2.76. The zero-order valence-electron chi connectivity index (χ0n) is 14.7. The first-order valence-corrected chi connectivity index (χ1v) is 9.10. The predicted octanol–water partition coefficient (Wildman–Crippen LogP) is 1.39. The van der Waals surface area contributed by atoms with Gasteiger partial charge in [0.25, 0.3) is 11.5 Å². The number of rotatable bonds is 3. The molecule has 0 aliphatic carbocycles. The van der Waals surface area contributed by atoms with Crippen LogP contribution in [0.15, 0.2) is 10.9 Å². The van der Waals surface area contributed by atoms with Gasteiger partial charge < -0.3 is 9.64 Å². The standard InChI is InChI=1S/C18H24N4O3/c1-3-13-11(2)20-22-16(23)9-14(19-17(13)22)12-6-7-21(10-12)18(24)15-5-4-8-25-15/h9,12,15,20H,3-8,10H2,1-2H3/t12-,15-/m0/s1. The number of ether oxygens (including phenoxy) is 1. The van der Waals surface area contributed by atoms with E-state index >= 15 is 0 Å². The second-order valence-corrected chi connectivity index (χ2v) is 7.02. The Labute approximate surface area is 146 Å². The van der Waals surface area contributed by atoms with Crippen LogP contribution in [0, 0.1) is 6.92 Å². The van der Waals surface area contributed by atoms with Crippen molar-refractivity contribution in [2.75, 3.05) is 19.7 Å². The van der Waals surface area contributed by atoms with Gasteiger partial charge in [-0.25, -0.2) is 9.50 Å². The van der Waals surface area contributed by atoms with Crippen LogP contribution in [-0.2, 0) is 16.0 Å². The first-order chi connectivity index (χ1) is 12.1. The van der Waals surface area contributed by atoms with Crippen molar-refractivity contribution in [2.24, 2.45) is 0 Å². The van der Waals surface area contributed by atoms with Gasteiger partial charge in [0.15, 0.2) is 5.65 Å². The average molecular weight is 344 g/mol. The predicted molar refractivity (Wildman–Crippen MR) is 92.8 cm³/mol. The van der Waals surface area contributed by atoms with E-state index in [-0.39, 0.29) is 23.5 Å². The molecule has 0 aromatic carbocycles. The lowest BCUT2D eigenvalue weighted by Gasteiger charge is -2.20. The molecular weight excluding hydrogens is 320 g/mol. The minimum atomic E-state index is -0.279. The van der Waals surface area contributed by atoms with E-state index in [2.05, 4.69) is 12.0 Å². The number of amides is 1. The molecule has 2 fully saturated rings. The third-order valence-corrected chi connectivity index (χ3v) is 5.42. The van der Waals surface area contributed by atoms with Gasteiger partial charge in [-0.3, -0.25) is 14.7 Å². The zero-order chi connectivity index (χ0) is 17.6. The van der Waals surface area contributed by atoms with E-state index in [4.69, 9.17) is 9.72 Å². The summed E-state index contributed by atoms with van der Waals surface area (Å²) >= 11 is 0. The van der Waals surface area contributed by atoms with E-state index in [0.717, 1.165) is 42.6 Å². The summed E-state index contributed by atoms with van der Waals surface area (Å²) in [7, 11) is 0. The quantitative estimate of drug-likeness (QED) is 0.912. The third-order valence-electron chi connectivity index (χ3n) is 5.42. The van der Waals surface area contributed by atoms with Gasteiger partial charge in [0.2, 0.25) is 0 Å². The first-order valence-electron chi connectivity index (χ1n) is 9.10. The summed E-state index contributed by atoms with van der Waals surface area (Å²) < 4.78 is 7.03. The molecule has 2 aromatic heterocycles. The van der Waals surface area contributed by atoms with E-state index in [9.17, 15) is 9.59 Å². The van der Waals surface area contributed by atoms with Crippen LogP contribution in [0.4, 0.5) is 0 Å². The maximum atomic E-state index is 12.5. The summed E-state index contributed by atoms with van der Waals surface area (Å²) in [5, 5.41) is 3.09. The van der Waals surface area contributed by atoms with Crippen molar-refractivity contribution in [3.63, 3.8) is 0 Å². The van der Waals surface area contributed by atoms with E-state index in [1.165, 1.54) is 4.52 Å². The number of aryl methyl sites for hydroxylation is 2. The van der Waals surface area contributed by atoms with E-state index in [1.807, 2.05) is 11.8 Å². The summed E-state index contributed by atoms with van der Waals surface area (Å²) in [6, 6.07) is 1.60. The molecule has 0 radical (unpaired) electrons. The molecule has 1 N–H and O–H groups in total. The Morgan fingerprint density at radius 3 is 3.00 bits per heavy atom. The van der Waals surface area contributed by atoms with Gasteiger partial charge in [0.05, 0.1) is 5.69 Å². The van der Waals surface area contributed by atoms with Crippen LogP contribution in [0.25, 0.3) is 5.65 Å². The molecule has 2 aliphatic rings. The Kier molecular flexibility index (Phi) is 4.11. The van der Waals surface area contributed by atoms with Crippen molar-refractivity contribution in [3.8, 4) is 0 Å². The SMILES string of the molecule is CCc1c(C)[nH]n2c(=O)cc([C@H]3CCN(C(=O)[C@@H]4CCCO4)C3)nc12. The van der Waals surface area contributed by atoms with Crippen molar-refractivity contribution in [1.29, 1.82) is 0 Å². The molecule has 2 aromatic rings. The highest BCUT2D eigenvalue weighted by Gasteiger charge is 2.34. The number of nitrogens with zero attached hydrogens (tertiary/aromatic N) is 3. The first kappa shape index (κ1) is 16.3. The Morgan fingerprint density at radius 1 is 1.44 bits per heavy atom. The van der Waals surface area contributed by atoms with E-state index in [0.29, 0.717) is 25.3 Å². The normalized spacial score (nSPS) is 23.7. The lowest BCUT2D eigenvalue weighted by Crippen LogP contribution is -2.37. The van der Waals surface area contributed by atoms with Gasteiger partial charge in [-0.15, -0.1) is 0 Å². The van der Waals surface area contributed by atoms with Crippen LogP contribution in [0.5, 0.6) is 0 Å². The fourth-order valence-corrected chi connectivity index (χ4v) is 4.02. The molecular formula is C18H24N4O3. The van der Waals surface area contributed by atoms with E-state index < -0.39 is 0 Å². The number of fused-ring (bicyclic) bond motifs is 1. The number of H-pyrrole nitrogens is 1. The highest BCUT2D eigenvalue weighted by atomic mass is 16.5. The van der Waals surface area contributed by atoms with Gasteiger partial charge in [0.1, 0.15) is 6.10 Å². The van der Waals surface area contributed by atoms with Crippen molar-refractivity contribution >= 4 is 11.6 Å². The molecule has 2 atom stereocenters. The Hall–Kier alpha value is -2.15. The lowest BCUT2D eigenvalue weighted by atomic mass is 10.0. The van der Waals surface area contributed by atoms with Gasteiger partial charge in [-0.2, -0.15) is 0 Å². The fourth-order valence-electron chi connectivity index (χ4n) is 4.02. The van der Waals surface area contributed by atoms with Crippen LogP contribution in [0.2, 0.25) is 0 Å². The van der Waals surface area contributed by atoms with Crippen LogP contribution in [0.3, 0.4) is 0 Å². The lowest BCUT2D eigenvalue weighted by molar-refractivity contribution is -0.139. The largest absolute Gasteiger partial charge is 0.368 e. The van der Waals surface area contributed by atoms with E-state index in [1.54, 1.807) is 6.07 Å². The topological polar surface area (TPSA) is 79.7 Å². The highest BCUT2D eigenvalue weighted by molar-refractivity contribution is 5.81. The number of nitrogens with one attached hydrogen (secondary N) is 1. The molecule has 4 heterocycles. The second kappa shape index (κ2) is 6.29. The number of hydrogen-bond acceptors (Lipinski definition) is 4. The van der Waals surface area contributed by atoms with Crippen LogP contribution < -0.4 is 5.56 Å². The van der Waals surface area contributed by atoms with Gasteiger partial charge >= 0.3 is 0 Å². The molecule has 0 saturated carbocycles. The molecule has 2 saturated heterocycles. The Morgan fingerprint density at radius 2 is 2.28 bits per heavy atom. The molecule has 0 unspecified atom stereocenters. The molecule has 4 rings (SSSR count). The monoisotopic (exact) mass is 344 g/mol. The maximum absolute atomic E-state index is 12.5. The number of likely N-dealkylation sites (tertiary alicyclic amines) is 1. The molecule has 2 aliphatic heterocycles. The Bertz CT molecular complexity index is 863. The minimum Gasteiger partial charge on any atom is -0.368 e. The van der Waals surface area contributed by atoms with Crippen molar-refractivity contribution in [2.45, 2.75) is 51.6 Å². The number of hydrogen-bond donors (Lipinski definition) is 1. The zero-order valence-corrected chi connectivity index (χ0v) is 14.7. The van der Waals surface area contributed by atoms with Gasteiger partial charge in [0, 0.05) is 42.9 Å². The summed E-state index contributed by atoms with van der Waals surface area (Å²) in [5.41, 5.74) is 3.47. The average Bonchev–Trinajstić information content (AvgIpc) is 3.33. The molecule has 1 amide bonds. The molecule has 25 heavy (non-hydrogen) atoms. The fraction of sp³-hybridized carbons (Fsp3) is 0.611. The summed E-state index contributed by atoms with van der Waals surface area (Å²) in [6.07, 6.45) is 3.15. The number of aromatic nitrogens is 3. The van der Waals surface area contributed by atoms with Crippen LogP contribution >= 0.6 is 0 Å². The number of carbonyl (C=O) groups is 1. The molecule has 134 valence electrons. The summed E-state index contributed by atoms with van der Waals surface area (Å²) in [4.78, 5) is 31.6. The van der Waals surface area contributed by atoms with Crippen LogP contribution in [0.1, 0.15) is 49.1 Å². The molecule has 0 spiro atoms. The summed E-state index contributed by atoms with van der Waals surface area (Å²) in [5.74, 6) is 0.201. The number of carbonyl (C=O) groups excluding carboxylic acids is 1. The Balaban J connectivity index is 1.60. The summed E-state index contributed by atoms with van der Waals surface area (Å²) in [6.45, 7) is 6.02. The van der Waals surface area contributed by atoms with Crippen molar-refractivity contribution in [3.05, 3.63) is 33.4 Å². The highest BCUT2D eigenvalue weighted by Crippen LogP contribution is 2.28. The maximum Gasteiger partial charge on any atom is 0.272 e. The molecule has 7 heteroatoms. The molecule has 0 bridgehead atoms. The van der Waals surface area contributed by atoms with Gasteiger partial charge in [-0.1, -0.05) is 6.92 Å². The van der Waals surface area contributed by atoms with Gasteiger partial charge in [-0.05, 0) is 32.6 Å². The van der Waals surface area contributed by atoms with Crippen molar-refractivity contribution in [1.82, 2.24) is 19.5 Å². The smallest absolute Gasteiger partial charge is 0.272 e. The van der Waals surface area contributed by atoms with Crippen molar-refractivity contribution < 1.29 is 9.53 Å². The van der Waals surface area contributed by atoms with Crippen LogP contribution in [-0.4, -0.2) is 51.2 Å².